The maximum atomic E-state index is 12.3. The van der Waals surface area contributed by atoms with Crippen LogP contribution in [0.4, 0.5) is 22.9 Å². The van der Waals surface area contributed by atoms with Crippen molar-refractivity contribution in [2.45, 2.75) is 51.2 Å². The van der Waals surface area contributed by atoms with E-state index in [1.807, 2.05) is 32.0 Å². The molecule has 2 aromatic carbocycles. The Bertz CT molecular complexity index is 1780. The number of hydrogen-bond donors (Lipinski definition) is 2. The van der Waals surface area contributed by atoms with Gasteiger partial charge in [-0.2, -0.15) is 0 Å². The molecule has 1 fully saturated rings. The van der Waals surface area contributed by atoms with Gasteiger partial charge in [-0.15, -0.1) is 0 Å². The molecule has 2 aliphatic heterocycles. The zero-order chi connectivity index (χ0) is 30.8. The smallest absolute Gasteiger partial charge is 0.336 e. The van der Waals surface area contributed by atoms with Crippen molar-refractivity contribution in [1.82, 2.24) is 9.97 Å². The molecule has 2 aliphatic rings. The monoisotopic (exact) mass is 597 g/mol. The summed E-state index contributed by atoms with van der Waals surface area (Å²) in [5.74, 6) is 1.80. The number of fused-ring (bicyclic) bond motifs is 2. The van der Waals surface area contributed by atoms with Crippen LogP contribution in [0.5, 0.6) is 17.4 Å². The quantitative estimate of drug-likeness (QED) is 0.195. The molecular weight excluding hydrogens is 562 g/mol. The molecule has 0 radical (unpaired) electrons. The molecule has 11 nitrogen and oxygen atoms in total. The third-order valence-electron chi connectivity index (χ3n) is 7.98. The van der Waals surface area contributed by atoms with E-state index in [-0.39, 0.29) is 12.0 Å². The lowest BCUT2D eigenvalue weighted by Gasteiger charge is -2.39. The Kier molecular flexibility index (Phi) is 7.86. The number of aromatic nitrogens is 2. The van der Waals surface area contributed by atoms with Gasteiger partial charge in [-0.05, 0) is 62.9 Å². The molecule has 0 saturated carbocycles. The van der Waals surface area contributed by atoms with Crippen molar-refractivity contribution in [2.75, 3.05) is 35.7 Å². The SMILES string of the molecule is C=CC(=O)Nc1cc(Nc2cc(O[C@H]3Cc4cc5ccc(=O)oc5cc4OC3(C)C)ncn2)c(OC)cc1N1CCCCC1. The maximum Gasteiger partial charge on any atom is 0.336 e. The summed E-state index contributed by atoms with van der Waals surface area (Å²) in [5.41, 5.74) is 2.46. The van der Waals surface area contributed by atoms with Crippen LogP contribution in [-0.2, 0) is 11.2 Å². The van der Waals surface area contributed by atoms with Crippen molar-refractivity contribution in [3.8, 4) is 17.4 Å². The normalized spacial score (nSPS) is 17.2. The highest BCUT2D eigenvalue weighted by atomic mass is 16.6. The fourth-order valence-electron chi connectivity index (χ4n) is 5.65. The van der Waals surface area contributed by atoms with Crippen LogP contribution in [0, 0.1) is 0 Å². The van der Waals surface area contributed by atoms with Crippen LogP contribution in [0.15, 0.2) is 70.7 Å². The first-order valence-electron chi connectivity index (χ1n) is 14.6. The number of piperidine rings is 1. The number of carbonyl (C=O) groups is 1. The van der Waals surface area contributed by atoms with Crippen molar-refractivity contribution in [3.05, 3.63) is 77.4 Å². The van der Waals surface area contributed by atoms with Gasteiger partial charge in [0, 0.05) is 49.2 Å². The second-order valence-electron chi connectivity index (χ2n) is 11.4. The summed E-state index contributed by atoms with van der Waals surface area (Å²) in [7, 11) is 1.61. The first-order valence-corrected chi connectivity index (χ1v) is 14.6. The number of carbonyl (C=O) groups excluding carboxylic acids is 1. The van der Waals surface area contributed by atoms with Gasteiger partial charge in [0.1, 0.15) is 40.9 Å². The summed E-state index contributed by atoms with van der Waals surface area (Å²) in [6.45, 7) is 9.29. The number of nitrogens with zero attached hydrogens (tertiary/aromatic N) is 3. The number of ether oxygens (including phenoxy) is 3. The Labute approximate surface area is 254 Å². The molecule has 1 atom stereocenters. The average Bonchev–Trinajstić information content (AvgIpc) is 3.01. The Morgan fingerprint density at radius 3 is 2.68 bits per heavy atom. The van der Waals surface area contributed by atoms with E-state index in [2.05, 4.69) is 32.1 Å². The summed E-state index contributed by atoms with van der Waals surface area (Å²) in [4.78, 5) is 35.0. The molecule has 4 aromatic rings. The van der Waals surface area contributed by atoms with Crippen LogP contribution in [0.1, 0.15) is 38.7 Å². The number of methoxy groups -OCH3 is 1. The van der Waals surface area contributed by atoms with Gasteiger partial charge in [0.05, 0.1) is 24.2 Å². The van der Waals surface area contributed by atoms with Crippen molar-refractivity contribution in [2.24, 2.45) is 0 Å². The topological polar surface area (TPSA) is 128 Å². The number of nitrogens with one attached hydrogen (secondary N) is 2. The predicted octanol–water partition coefficient (Wildman–Crippen LogP) is 5.61. The van der Waals surface area contributed by atoms with Crippen LogP contribution in [0.2, 0.25) is 0 Å². The second-order valence-corrected chi connectivity index (χ2v) is 11.4. The molecule has 0 spiro atoms. The van der Waals surface area contributed by atoms with Gasteiger partial charge in [0.15, 0.2) is 0 Å². The second kappa shape index (κ2) is 11.9. The van der Waals surface area contributed by atoms with Crippen molar-refractivity contribution < 1.29 is 23.4 Å². The van der Waals surface area contributed by atoms with Crippen molar-refractivity contribution >= 4 is 39.8 Å². The predicted molar refractivity (Wildman–Crippen MR) is 169 cm³/mol. The largest absolute Gasteiger partial charge is 0.494 e. The summed E-state index contributed by atoms with van der Waals surface area (Å²) >= 11 is 0. The highest BCUT2D eigenvalue weighted by Gasteiger charge is 2.39. The van der Waals surface area contributed by atoms with Gasteiger partial charge in [-0.1, -0.05) is 6.58 Å². The molecule has 0 bridgehead atoms. The molecular formula is C33H35N5O6. The average molecular weight is 598 g/mol. The Balaban J connectivity index is 1.25. The Morgan fingerprint density at radius 2 is 1.91 bits per heavy atom. The third-order valence-corrected chi connectivity index (χ3v) is 7.98. The van der Waals surface area contributed by atoms with E-state index < -0.39 is 11.2 Å². The zero-order valence-corrected chi connectivity index (χ0v) is 25.0. The number of benzene rings is 2. The number of rotatable bonds is 8. The van der Waals surface area contributed by atoms with E-state index in [4.69, 9.17) is 18.6 Å². The van der Waals surface area contributed by atoms with E-state index in [1.165, 1.54) is 24.9 Å². The van der Waals surface area contributed by atoms with Gasteiger partial charge in [-0.25, -0.2) is 14.8 Å². The summed E-state index contributed by atoms with van der Waals surface area (Å²) in [6, 6.07) is 12.3. The lowest BCUT2D eigenvalue weighted by atomic mass is 9.90. The fraction of sp³-hybridized carbons (Fsp3) is 0.333. The minimum atomic E-state index is -0.708. The van der Waals surface area contributed by atoms with Crippen LogP contribution < -0.4 is 35.4 Å². The van der Waals surface area contributed by atoms with Gasteiger partial charge < -0.3 is 34.2 Å². The van der Waals surface area contributed by atoms with Crippen LogP contribution in [0.3, 0.4) is 0 Å². The molecule has 11 heteroatoms. The van der Waals surface area contributed by atoms with E-state index in [0.717, 1.165) is 42.6 Å². The standard InChI is InChI=1S/C33H35N5O6/c1-5-30(39)37-22-15-23(27(41-4)16-24(22)38-11-7-6-8-12-38)36-29-18-31(35-19-34-29)43-28-14-21-13-20-9-10-32(40)42-25(20)17-26(21)44-33(28,2)3/h5,9-10,13,15-19,28H,1,6-8,11-12,14H2,2-4H3,(H,37,39)(H,34,35,36)/t28-/m0/s1. The first kappa shape index (κ1) is 29.0. The van der Waals surface area contributed by atoms with Gasteiger partial charge in [-0.3, -0.25) is 4.79 Å². The van der Waals surface area contributed by atoms with Gasteiger partial charge in [0.25, 0.3) is 0 Å². The first-order chi connectivity index (χ1) is 21.2. The highest BCUT2D eigenvalue weighted by Crippen LogP contribution is 2.40. The molecule has 228 valence electrons. The number of anilines is 4. The molecule has 0 aliphatic carbocycles. The van der Waals surface area contributed by atoms with Crippen LogP contribution in [-0.4, -0.2) is 47.8 Å². The molecule has 1 saturated heterocycles. The maximum absolute atomic E-state index is 12.3. The summed E-state index contributed by atoms with van der Waals surface area (Å²) < 4.78 is 23.8. The molecule has 1 amide bonds. The summed E-state index contributed by atoms with van der Waals surface area (Å²) in [6.07, 6.45) is 6.22. The highest BCUT2D eigenvalue weighted by molar-refractivity contribution is 6.02. The zero-order valence-electron chi connectivity index (χ0n) is 25.0. The molecule has 44 heavy (non-hydrogen) atoms. The lowest BCUT2D eigenvalue weighted by molar-refractivity contribution is -0.111. The van der Waals surface area contributed by atoms with Crippen molar-refractivity contribution in [3.63, 3.8) is 0 Å². The van der Waals surface area contributed by atoms with E-state index in [1.54, 1.807) is 25.3 Å². The number of hydrogen-bond acceptors (Lipinski definition) is 10. The molecule has 2 N–H and O–H groups in total. The number of amides is 1. The summed E-state index contributed by atoms with van der Waals surface area (Å²) in [5, 5.41) is 7.06. The minimum Gasteiger partial charge on any atom is -0.494 e. The Morgan fingerprint density at radius 1 is 1.09 bits per heavy atom. The fourth-order valence-corrected chi connectivity index (χ4v) is 5.65. The van der Waals surface area contributed by atoms with E-state index in [9.17, 15) is 9.59 Å². The van der Waals surface area contributed by atoms with Gasteiger partial charge in [0.2, 0.25) is 11.8 Å². The van der Waals surface area contributed by atoms with Crippen LogP contribution >= 0.6 is 0 Å². The molecule has 4 heterocycles. The molecule has 0 unspecified atom stereocenters. The van der Waals surface area contributed by atoms with E-state index >= 15 is 0 Å². The molecule has 6 rings (SSSR count). The van der Waals surface area contributed by atoms with Crippen LogP contribution in [0.25, 0.3) is 11.0 Å². The lowest BCUT2D eigenvalue weighted by Crippen LogP contribution is -2.49. The van der Waals surface area contributed by atoms with Crippen molar-refractivity contribution in [1.29, 1.82) is 0 Å². The third kappa shape index (κ3) is 6.03. The minimum absolute atomic E-state index is 0.298. The molecule has 2 aromatic heterocycles. The van der Waals surface area contributed by atoms with E-state index in [0.29, 0.717) is 46.6 Å². The van der Waals surface area contributed by atoms with Gasteiger partial charge >= 0.3 is 5.63 Å². The Hall–Kier alpha value is -5.06.